The molecule has 8 nitrogen and oxygen atoms in total. The maximum Gasteiger partial charge on any atom is 0.303 e. The highest BCUT2D eigenvalue weighted by molar-refractivity contribution is 5.89. The van der Waals surface area contributed by atoms with Crippen LogP contribution in [-0.2, 0) is 35.1 Å². The van der Waals surface area contributed by atoms with Crippen LogP contribution in [0.1, 0.15) is 119 Å². The van der Waals surface area contributed by atoms with Crippen molar-refractivity contribution in [3.63, 3.8) is 0 Å². The van der Waals surface area contributed by atoms with Crippen molar-refractivity contribution in [3.05, 3.63) is 35.9 Å². The molecule has 1 aliphatic heterocycles. The quantitative estimate of drug-likeness (QED) is 0.234. The van der Waals surface area contributed by atoms with Gasteiger partial charge in [-0.1, -0.05) is 65.0 Å². The maximum atomic E-state index is 14.6. The molecule has 8 heteroatoms. The van der Waals surface area contributed by atoms with E-state index in [2.05, 4.69) is 69.9 Å². The number of benzene rings is 1. The fourth-order valence-corrected chi connectivity index (χ4v) is 13.9. The number of hydrogen-bond donors (Lipinski definition) is 1. The predicted molar refractivity (Wildman–Crippen MR) is 200 cm³/mol. The van der Waals surface area contributed by atoms with Gasteiger partial charge >= 0.3 is 5.97 Å². The molecule has 0 radical (unpaired) electrons. The molecule has 290 valence electrons. The number of ether oxygens (including phenoxy) is 4. The predicted octanol–water partition coefficient (Wildman–Crippen LogP) is 7.59. The van der Waals surface area contributed by atoms with Crippen LogP contribution in [0.3, 0.4) is 0 Å². The monoisotopic (exact) mass is 721 g/mol. The summed E-state index contributed by atoms with van der Waals surface area (Å²) in [6, 6.07) is 10.7. The van der Waals surface area contributed by atoms with Crippen LogP contribution >= 0.6 is 0 Å². The van der Waals surface area contributed by atoms with E-state index in [1.165, 1.54) is 31.7 Å². The lowest BCUT2D eigenvalue weighted by Crippen LogP contribution is -2.60. The van der Waals surface area contributed by atoms with E-state index < -0.39 is 23.8 Å². The Hall–Kier alpha value is -1.84. The van der Waals surface area contributed by atoms with E-state index in [1.54, 1.807) is 21.0 Å². The van der Waals surface area contributed by atoms with Crippen LogP contribution in [0.2, 0.25) is 0 Å². The summed E-state index contributed by atoms with van der Waals surface area (Å²) < 4.78 is 24.8. The van der Waals surface area contributed by atoms with Gasteiger partial charge in [-0.3, -0.25) is 14.5 Å². The minimum Gasteiger partial charge on any atom is -0.457 e. The number of esters is 1. The van der Waals surface area contributed by atoms with E-state index in [0.29, 0.717) is 42.5 Å². The number of fused-ring (bicyclic) bond motifs is 2. The molecule has 0 amide bonds. The molecule has 12 atom stereocenters. The van der Waals surface area contributed by atoms with E-state index in [1.807, 2.05) is 0 Å². The summed E-state index contributed by atoms with van der Waals surface area (Å²) in [5.41, 5.74) is 0.175. The number of aliphatic hydroxyl groups is 1. The van der Waals surface area contributed by atoms with E-state index in [-0.39, 0.29) is 45.9 Å². The number of nitrogens with zero attached hydrogens (tertiary/aromatic N) is 1. The van der Waals surface area contributed by atoms with Crippen LogP contribution in [0.5, 0.6) is 0 Å². The molecule has 5 saturated carbocycles. The molecule has 1 aromatic carbocycles. The number of carbonyl (C=O) groups is 2. The highest BCUT2D eigenvalue weighted by Gasteiger charge is 2.83. The first-order chi connectivity index (χ1) is 24.4. The Bertz CT molecular complexity index is 1490. The Morgan fingerprint density at radius 2 is 1.73 bits per heavy atom. The van der Waals surface area contributed by atoms with Gasteiger partial charge in [-0.05, 0) is 116 Å². The van der Waals surface area contributed by atoms with E-state index in [9.17, 15) is 14.7 Å². The zero-order chi connectivity index (χ0) is 37.5. The molecule has 52 heavy (non-hydrogen) atoms. The SMILES string of the molecule is COC(C[C@@H](C)[C@H]1CC(=O)[C@@]2(C)C3CC[C@H]4C(C)(C)[C@@H](O[C@H]5CN(Cc6ccccc6)CCO5)CC[C@@]45CC35CC[C@]12C)[C@H](OC(C)=O)C(C)(C)O. The molecule has 5 aliphatic carbocycles. The Morgan fingerprint density at radius 3 is 2.40 bits per heavy atom. The average molecular weight is 722 g/mol. The van der Waals surface area contributed by atoms with Gasteiger partial charge in [-0.25, -0.2) is 0 Å². The fraction of sp³-hybridized carbons (Fsp3) is 0.818. The second-order valence-corrected chi connectivity index (χ2v) is 19.7. The molecule has 1 saturated heterocycles. The van der Waals surface area contributed by atoms with Gasteiger partial charge in [0.2, 0.25) is 0 Å². The van der Waals surface area contributed by atoms with Crippen molar-refractivity contribution in [2.24, 2.45) is 50.7 Å². The summed E-state index contributed by atoms with van der Waals surface area (Å²) in [6.45, 7) is 20.0. The summed E-state index contributed by atoms with van der Waals surface area (Å²) in [6.07, 6.45) is 7.97. The highest BCUT2D eigenvalue weighted by Crippen LogP contribution is 2.88. The Labute approximate surface area is 313 Å². The van der Waals surface area contributed by atoms with Crippen molar-refractivity contribution in [1.82, 2.24) is 4.90 Å². The molecule has 0 bridgehead atoms. The summed E-state index contributed by atoms with van der Waals surface area (Å²) in [5.74, 6) is 1.39. The van der Waals surface area contributed by atoms with Crippen molar-refractivity contribution in [2.75, 3.05) is 26.8 Å². The first kappa shape index (κ1) is 38.4. The van der Waals surface area contributed by atoms with Crippen LogP contribution in [0, 0.1) is 50.7 Å². The van der Waals surface area contributed by atoms with Crippen molar-refractivity contribution < 1.29 is 33.6 Å². The molecule has 1 N–H and O–H groups in total. The number of ketones is 1. The standard InChI is InChI=1S/C44H67NO7/c1-28(23-32(49-9)38(40(5,6)48)51-29(2)46)31-24-35(47)42(8)34-16-15-33-39(3,4)36(17-18-43(33)27-44(34,43)20-19-41(31,42)7)52-37-26-45(21-22-50-37)25-30-13-11-10-12-14-30/h10-14,28,31-34,36-38,48H,15-27H2,1-9H3/t28-,31-,32?,33+,34?,36+,37+,38+,41-,42-,43-,44?/m1/s1. The maximum absolute atomic E-state index is 14.6. The largest absolute Gasteiger partial charge is 0.457 e. The van der Waals surface area contributed by atoms with Crippen molar-refractivity contribution in [2.45, 2.75) is 150 Å². The zero-order valence-corrected chi connectivity index (χ0v) is 33.5. The second-order valence-electron chi connectivity index (χ2n) is 19.7. The highest BCUT2D eigenvalue weighted by atomic mass is 16.7. The topological polar surface area (TPSA) is 94.5 Å². The number of carbonyl (C=O) groups excluding carboxylic acids is 2. The van der Waals surface area contributed by atoms with Gasteiger partial charge in [-0.15, -0.1) is 0 Å². The number of methoxy groups -OCH3 is 1. The smallest absolute Gasteiger partial charge is 0.303 e. The van der Waals surface area contributed by atoms with Crippen molar-refractivity contribution in [3.8, 4) is 0 Å². The molecule has 1 aromatic rings. The fourth-order valence-electron chi connectivity index (χ4n) is 13.9. The molecule has 2 spiro atoms. The molecular weight excluding hydrogens is 654 g/mol. The normalized spacial score (nSPS) is 41.5. The first-order valence-corrected chi connectivity index (χ1v) is 20.4. The number of Topliss-reactive ketones (excluding diaryl/α,β-unsaturated/α-hetero) is 1. The lowest BCUT2D eigenvalue weighted by atomic mass is 9.41. The second kappa shape index (κ2) is 13.4. The summed E-state index contributed by atoms with van der Waals surface area (Å²) in [7, 11) is 1.63. The van der Waals surface area contributed by atoms with Crippen LogP contribution in [-0.4, -0.2) is 78.8 Å². The van der Waals surface area contributed by atoms with Crippen molar-refractivity contribution in [1.29, 1.82) is 0 Å². The zero-order valence-electron chi connectivity index (χ0n) is 33.5. The summed E-state index contributed by atoms with van der Waals surface area (Å²) in [4.78, 5) is 29.1. The van der Waals surface area contributed by atoms with Gasteiger partial charge in [0, 0.05) is 45.5 Å². The van der Waals surface area contributed by atoms with Crippen LogP contribution in [0.4, 0.5) is 0 Å². The van der Waals surface area contributed by atoms with Crippen LogP contribution in [0.15, 0.2) is 30.3 Å². The lowest BCUT2D eigenvalue weighted by molar-refractivity contribution is -0.247. The Balaban J connectivity index is 1.05. The number of morpholine rings is 1. The van der Waals surface area contributed by atoms with Gasteiger partial charge in [0.05, 0.1) is 24.4 Å². The molecule has 0 aromatic heterocycles. The van der Waals surface area contributed by atoms with E-state index in [4.69, 9.17) is 18.9 Å². The third-order valence-electron chi connectivity index (χ3n) is 16.5. The van der Waals surface area contributed by atoms with E-state index >= 15 is 0 Å². The lowest BCUT2D eigenvalue weighted by Gasteiger charge is -2.63. The average Bonchev–Trinajstić information content (AvgIpc) is 3.70. The number of rotatable bonds is 11. The van der Waals surface area contributed by atoms with Gasteiger partial charge in [0.1, 0.15) is 5.78 Å². The van der Waals surface area contributed by atoms with Gasteiger partial charge in [0.25, 0.3) is 0 Å². The molecular formula is C44H67NO7. The van der Waals surface area contributed by atoms with Crippen LogP contribution in [0.25, 0.3) is 0 Å². The van der Waals surface area contributed by atoms with E-state index in [0.717, 1.165) is 45.3 Å². The Morgan fingerprint density at radius 1 is 1.04 bits per heavy atom. The summed E-state index contributed by atoms with van der Waals surface area (Å²) >= 11 is 0. The molecule has 7 rings (SSSR count). The van der Waals surface area contributed by atoms with Gasteiger partial charge in [0.15, 0.2) is 12.4 Å². The Kier molecular flexibility index (Phi) is 9.92. The third kappa shape index (κ3) is 5.95. The third-order valence-corrected chi connectivity index (χ3v) is 16.5. The molecule has 6 aliphatic rings. The minimum absolute atomic E-state index is 0.0321. The summed E-state index contributed by atoms with van der Waals surface area (Å²) in [5, 5.41) is 11.0. The minimum atomic E-state index is -1.25. The molecule has 6 fully saturated rings. The molecule has 1 heterocycles. The first-order valence-electron chi connectivity index (χ1n) is 20.4. The number of hydrogen-bond acceptors (Lipinski definition) is 8. The van der Waals surface area contributed by atoms with Crippen molar-refractivity contribution >= 4 is 11.8 Å². The molecule has 3 unspecified atom stereocenters. The van der Waals surface area contributed by atoms with Gasteiger partial charge < -0.3 is 24.1 Å². The van der Waals surface area contributed by atoms with Gasteiger partial charge in [-0.2, -0.15) is 0 Å². The van der Waals surface area contributed by atoms with Crippen LogP contribution < -0.4 is 0 Å².